The summed E-state index contributed by atoms with van der Waals surface area (Å²) >= 11 is 3.53. The van der Waals surface area contributed by atoms with Gasteiger partial charge in [0.2, 0.25) is 5.91 Å². The number of carbonyl (C=O) groups is 1. The number of anilines is 1. The average Bonchev–Trinajstić information content (AvgIpc) is 2.81. The molecule has 1 aliphatic heterocycles. The molecule has 1 amide bonds. The highest BCUT2D eigenvalue weighted by molar-refractivity contribution is 9.10. The van der Waals surface area contributed by atoms with E-state index in [0.29, 0.717) is 6.54 Å². The van der Waals surface area contributed by atoms with Gasteiger partial charge in [0.1, 0.15) is 0 Å². The molecule has 0 bridgehead atoms. The number of nitrogens with one attached hydrogen (secondary N) is 1. The Kier molecular flexibility index (Phi) is 4.70. The summed E-state index contributed by atoms with van der Waals surface area (Å²) in [5.41, 5.74) is 7.55. The zero-order chi connectivity index (χ0) is 14.8. The van der Waals surface area contributed by atoms with Gasteiger partial charge in [-0.1, -0.05) is 28.9 Å². The molecule has 3 N–H and O–H groups in total. The summed E-state index contributed by atoms with van der Waals surface area (Å²) < 4.78 is 1.06. The second-order valence-corrected chi connectivity index (χ2v) is 6.57. The van der Waals surface area contributed by atoms with E-state index in [4.69, 9.17) is 5.73 Å². The third kappa shape index (κ3) is 3.15. The Morgan fingerprint density at radius 2 is 2.30 bits per heavy atom. The lowest BCUT2D eigenvalue weighted by molar-refractivity contribution is -0.125. The minimum Gasteiger partial charge on any atom is -0.370 e. The molecule has 0 spiro atoms. The van der Waals surface area contributed by atoms with Gasteiger partial charge in [-0.15, -0.1) is 0 Å². The van der Waals surface area contributed by atoms with Crippen molar-refractivity contribution in [2.24, 2.45) is 11.1 Å². The van der Waals surface area contributed by atoms with E-state index in [0.717, 1.165) is 30.5 Å². The summed E-state index contributed by atoms with van der Waals surface area (Å²) in [4.78, 5) is 13.9. The van der Waals surface area contributed by atoms with Crippen molar-refractivity contribution >= 4 is 27.5 Å². The third-order valence-corrected chi connectivity index (χ3v) is 4.51. The number of amides is 1. The van der Waals surface area contributed by atoms with Gasteiger partial charge in [-0.3, -0.25) is 4.79 Å². The van der Waals surface area contributed by atoms with Crippen LogP contribution >= 0.6 is 15.9 Å². The van der Waals surface area contributed by atoms with Crippen molar-refractivity contribution in [1.82, 2.24) is 5.32 Å². The van der Waals surface area contributed by atoms with Crippen molar-refractivity contribution in [1.29, 1.82) is 0 Å². The maximum absolute atomic E-state index is 11.6. The van der Waals surface area contributed by atoms with Gasteiger partial charge in [0.25, 0.3) is 0 Å². The van der Waals surface area contributed by atoms with E-state index in [9.17, 15) is 4.79 Å². The normalized spacial score (nSPS) is 22.2. The number of halogens is 1. The van der Waals surface area contributed by atoms with E-state index in [2.05, 4.69) is 51.3 Å². The van der Waals surface area contributed by atoms with Gasteiger partial charge in [-0.2, -0.15) is 0 Å². The minimum atomic E-state index is -0.419. The molecule has 0 aliphatic carbocycles. The van der Waals surface area contributed by atoms with Crippen molar-refractivity contribution in [3.05, 3.63) is 28.2 Å². The first-order valence-corrected chi connectivity index (χ1v) is 7.79. The smallest absolute Gasteiger partial charge is 0.225 e. The molecule has 1 atom stereocenters. The van der Waals surface area contributed by atoms with Crippen LogP contribution < -0.4 is 16.0 Å². The third-order valence-electron chi connectivity index (χ3n) is 4.02. The quantitative estimate of drug-likeness (QED) is 0.864. The molecule has 1 aliphatic rings. The number of hydrogen-bond donors (Lipinski definition) is 2. The fourth-order valence-corrected chi connectivity index (χ4v) is 2.96. The van der Waals surface area contributed by atoms with E-state index >= 15 is 0 Å². The van der Waals surface area contributed by atoms with Crippen LogP contribution in [0.2, 0.25) is 0 Å². The number of benzene rings is 1. The van der Waals surface area contributed by atoms with Gasteiger partial charge in [0.05, 0.1) is 5.41 Å². The summed E-state index contributed by atoms with van der Waals surface area (Å²) in [6.07, 6.45) is 0.815. The topological polar surface area (TPSA) is 58.4 Å². The largest absolute Gasteiger partial charge is 0.370 e. The highest BCUT2D eigenvalue weighted by Crippen LogP contribution is 2.35. The number of hydrogen-bond acceptors (Lipinski definition) is 3. The molecule has 20 heavy (non-hydrogen) atoms. The van der Waals surface area contributed by atoms with Crippen molar-refractivity contribution in [3.63, 3.8) is 0 Å². The number of nitrogens with two attached hydrogens (primary N) is 1. The van der Waals surface area contributed by atoms with Gasteiger partial charge >= 0.3 is 0 Å². The van der Waals surface area contributed by atoms with Crippen molar-refractivity contribution in [3.8, 4) is 0 Å². The summed E-state index contributed by atoms with van der Waals surface area (Å²) in [6.45, 7) is 7.39. The number of rotatable bonds is 5. The van der Waals surface area contributed by atoms with Crippen LogP contribution in [0.5, 0.6) is 0 Å². The van der Waals surface area contributed by atoms with Crippen LogP contribution in [0.3, 0.4) is 0 Å². The Bertz CT molecular complexity index is 506. The summed E-state index contributed by atoms with van der Waals surface area (Å²) in [5.74, 6) is -0.205. The minimum absolute atomic E-state index is 0.205. The van der Waals surface area contributed by atoms with Crippen LogP contribution in [0.25, 0.3) is 0 Å². The van der Waals surface area contributed by atoms with E-state index < -0.39 is 5.41 Å². The Labute approximate surface area is 128 Å². The fourth-order valence-electron chi connectivity index (χ4n) is 2.61. The molecular formula is C15H22BrN3O. The first-order valence-electron chi connectivity index (χ1n) is 7.00. The van der Waals surface area contributed by atoms with Crippen LogP contribution in [0.4, 0.5) is 5.69 Å². The van der Waals surface area contributed by atoms with Gasteiger partial charge < -0.3 is 16.0 Å². The maximum atomic E-state index is 11.6. The standard InChI is InChI=1S/C15H22BrN3O/c1-3-18-9-11-4-5-12(16)8-13(11)19-7-6-15(2,10-19)14(17)20/h4-5,8,18H,3,6-7,9-10H2,1-2H3,(H2,17,20). The molecule has 0 saturated carbocycles. The average molecular weight is 340 g/mol. The van der Waals surface area contributed by atoms with Crippen LogP contribution in [0, 0.1) is 5.41 Å². The van der Waals surface area contributed by atoms with Crippen LogP contribution in [-0.2, 0) is 11.3 Å². The van der Waals surface area contributed by atoms with Gasteiger partial charge in [0, 0.05) is 29.8 Å². The Hall–Kier alpha value is -1.07. The van der Waals surface area contributed by atoms with Gasteiger partial charge in [-0.05, 0) is 37.6 Å². The molecule has 1 aromatic carbocycles. The van der Waals surface area contributed by atoms with Crippen LogP contribution in [-0.4, -0.2) is 25.5 Å². The molecule has 2 rings (SSSR count). The molecule has 110 valence electrons. The molecule has 0 aromatic heterocycles. The molecule has 4 nitrogen and oxygen atoms in total. The Morgan fingerprint density at radius 1 is 1.55 bits per heavy atom. The molecule has 0 radical (unpaired) electrons. The van der Waals surface area contributed by atoms with Crippen molar-refractivity contribution < 1.29 is 4.79 Å². The number of nitrogens with zero attached hydrogens (tertiary/aromatic N) is 1. The van der Waals surface area contributed by atoms with Crippen molar-refractivity contribution in [2.75, 3.05) is 24.5 Å². The molecule has 1 aromatic rings. The molecule has 5 heteroatoms. The lowest BCUT2D eigenvalue weighted by atomic mass is 9.89. The van der Waals surface area contributed by atoms with E-state index in [1.165, 1.54) is 11.3 Å². The number of primary amides is 1. The summed E-state index contributed by atoms with van der Waals surface area (Å²) in [6, 6.07) is 6.31. The highest BCUT2D eigenvalue weighted by Gasteiger charge is 2.39. The first-order chi connectivity index (χ1) is 9.46. The van der Waals surface area contributed by atoms with Crippen LogP contribution in [0.1, 0.15) is 25.8 Å². The predicted molar refractivity (Wildman–Crippen MR) is 85.7 cm³/mol. The van der Waals surface area contributed by atoms with Crippen molar-refractivity contribution in [2.45, 2.75) is 26.8 Å². The molecule has 1 saturated heterocycles. The van der Waals surface area contributed by atoms with Gasteiger partial charge in [0.15, 0.2) is 0 Å². The second-order valence-electron chi connectivity index (χ2n) is 5.65. The lowest BCUT2D eigenvalue weighted by Gasteiger charge is -2.25. The molecule has 1 fully saturated rings. The van der Waals surface area contributed by atoms with Gasteiger partial charge in [-0.25, -0.2) is 0 Å². The summed E-state index contributed by atoms with van der Waals surface area (Å²) in [7, 11) is 0. The number of carbonyl (C=O) groups excluding carboxylic acids is 1. The first kappa shape index (κ1) is 15.3. The van der Waals surface area contributed by atoms with E-state index in [1.54, 1.807) is 0 Å². The molecule has 1 unspecified atom stereocenters. The fraction of sp³-hybridized carbons (Fsp3) is 0.533. The Morgan fingerprint density at radius 3 is 2.90 bits per heavy atom. The highest BCUT2D eigenvalue weighted by atomic mass is 79.9. The lowest BCUT2D eigenvalue weighted by Crippen LogP contribution is -2.37. The zero-order valence-electron chi connectivity index (χ0n) is 12.1. The molecular weight excluding hydrogens is 318 g/mol. The van der Waals surface area contributed by atoms with E-state index in [-0.39, 0.29) is 5.91 Å². The zero-order valence-corrected chi connectivity index (χ0v) is 13.7. The molecule has 1 heterocycles. The monoisotopic (exact) mass is 339 g/mol. The van der Waals surface area contributed by atoms with Crippen LogP contribution in [0.15, 0.2) is 22.7 Å². The summed E-state index contributed by atoms with van der Waals surface area (Å²) in [5, 5.41) is 3.36. The van der Waals surface area contributed by atoms with E-state index in [1.807, 2.05) is 6.92 Å². The SMILES string of the molecule is CCNCc1ccc(Br)cc1N1CCC(C)(C(N)=O)C1. The predicted octanol–water partition coefficient (Wildman–Crippen LogP) is 2.26. The maximum Gasteiger partial charge on any atom is 0.225 e. The Balaban J connectivity index is 2.24. The second kappa shape index (κ2) is 6.14.